The van der Waals surface area contributed by atoms with Crippen molar-refractivity contribution in [2.24, 2.45) is 0 Å². The molecule has 0 saturated heterocycles. The second kappa shape index (κ2) is 7.82. The van der Waals surface area contributed by atoms with Crippen molar-refractivity contribution >= 4 is 22.7 Å². The lowest BCUT2D eigenvalue weighted by atomic mass is 9.98. The number of aryl methyl sites for hydroxylation is 3. The molecule has 0 aliphatic heterocycles. The minimum absolute atomic E-state index is 0.716. The highest BCUT2D eigenvalue weighted by molar-refractivity contribution is 7.24. The number of hydrogen-bond donors (Lipinski definition) is 0. The van der Waals surface area contributed by atoms with Gasteiger partial charge in [-0.3, -0.25) is 0 Å². The highest BCUT2D eigenvalue weighted by Crippen LogP contribution is 2.57. The molecular weight excluding hydrogens is 380 g/mol. The molecule has 0 fully saturated rings. The third-order valence-corrected chi connectivity index (χ3v) is 6.75. The van der Waals surface area contributed by atoms with Crippen molar-refractivity contribution in [2.45, 2.75) is 20.8 Å². The molecule has 0 amide bonds. The molecule has 3 rings (SSSR count). The van der Waals surface area contributed by atoms with Gasteiger partial charge in [0, 0.05) is 10.9 Å². The second-order valence-electron chi connectivity index (χ2n) is 6.27. The fourth-order valence-corrected chi connectivity index (χ4v) is 5.99. The van der Waals surface area contributed by atoms with Gasteiger partial charge in [-0.05, 0) is 31.9 Å². The average molecular weight is 405 g/mol. The SMILES string of the molecule is COc1csc(-c2sc(-c3c(C)cc(C)cc3C)c(OC)c2OC)c1OC. The van der Waals surface area contributed by atoms with Gasteiger partial charge in [-0.2, -0.15) is 0 Å². The molecule has 144 valence electrons. The number of hydrogen-bond acceptors (Lipinski definition) is 6. The van der Waals surface area contributed by atoms with Gasteiger partial charge in [-0.1, -0.05) is 17.7 Å². The molecule has 4 nitrogen and oxygen atoms in total. The summed E-state index contributed by atoms with van der Waals surface area (Å²) < 4.78 is 22.6. The topological polar surface area (TPSA) is 36.9 Å². The van der Waals surface area contributed by atoms with Gasteiger partial charge in [-0.25, -0.2) is 0 Å². The Morgan fingerprint density at radius 1 is 0.667 bits per heavy atom. The number of methoxy groups -OCH3 is 4. The zero-order valence-electron chi connectivity index (χ0n) is 16.7. The van der Waals surface area contributed by atoms with E-state index in [1.54, 1.807) is 51.1 Å². The Kier molecular flexibility index (Phi) is 5.67. The first kappa shape index (κ1) is 19.6. The van der Waals surface area contributed by atoms with Gasteiger partial charge in [0.25, 0.3) is 0 Å². The lowest BCUT2D eigenvalue weighted by Crippen LogP contribution is -1.92. The van der Waals surface area contributed by atoms with Crippen molar-refractivity contribution in [3.8, 4) is 43.2 Å². The molecule has 6 heteroatoms. The zero-order valence-corrected chi connectivity index (χ0v) is 18.3. The third-order valence-electron chi connectivity index (χ3n) is 4.48. The quantitative estimate of drug-likeness (QED) is 0.497. The Labute approximate surface area is 168 Å². The van der Waals surface area contributed by atoms with E-state index in [-0.39, 0.29) is 0 Å². The molecule has 2 heterocycles. The maximum atomic E-state index is 5.79. The largest absolute Gasteiger partial charge is 0.492 e. The van der Waals surface area contributed by atoms with E-state index in [9.17, 15) is 0 Å². The molecule has 27 heavy (non-hydrogen) atoms. The van der Waals surface area contributed by atoms with Crippen molar-refractivity contribution in [1.29, 1.82) is 0 Å². The number of thiophene rings is 2. The van der Waals surface area contributed by atoms with Crippen LogP contribution in [-0.2, 0) is 0 Å². The fraction of sp³-hybridized carbons (Fsp3) is 0.333. The number of rotatable bonds is 6. The molecule has 0 atom stereocenters. The van der Waals surface area contributed by atoms with Crippen LogP contribution >= 0.6 is 22.7 Å². The Hall–Kier alpha value is -2.18. The van der Waals surface area contributed by atoms with Gasteiger partial charge in [0.1, 0.15) is 0 Å². The van der Waals surface area contributed by atoms with Crippen LogP contribution in [0.25, 0.3) is 20.2 Å². The predicted octanol–water partition coefficient (Wildman–Crippen LogP) is 6.10. The summed E-state index contributed by atoms with van der Waals surface area (Å²) in [7, 11) is 6.65. The van der Waals surface area contributed by atoms with Crippen molar-refractivity contribution in [3.63, 3.8) is 0 Å². The van der Waals surface area contributed by atoms with Gasteiger partial charge in [0.15, 0.2) is 23.0 Å². The van der Waals surface area contributed by atoms with Crippen LogP contribution in [0.5, 0.6) is 23.0 Å². The molecule has 0 aliphatic rings. The highest BCUT2D eigenvalue weighted by Gasteiger charge is 2.28. The van der Waals surface area contributed by atoms with E-state index >= 15 is 0 Å². The molecular formula is C21H24O4S2. The van der Waals surface area contributed by atoms with Gasteiger partial charge < -0.3 is 18.9 Å². The molecule has 0 saturated carbocycles. The summed E-state index contributed by atoms with van der Waals surface area (Å²) >= 11 is 3.23. The Morgan fingerprint density at radius 2 is 1.22 bits per heavy atom. The van der Waals surface area contributed by atoms with Crippen LogP contribution in [0.1, 0.15) is 16.7 Å². The fourth-order valence-electron chi connectivity index (χ4n) is 3.45. The summed E-state index contributed by atoms with van der Waals surface area (Å²) in [5.74, 6) is 2.91. The first-order valence-electron chi connectivity index (χ1n) is 8.49. The van der Waals surface area contributed by atoms with Crippen LogP contribution in [0.3, 0.4) is 0 Å². The molecule has 0 radical (unpaired) electrons. The molecule has 3 aromatic rings. The van der Waals surface area contributed by atoms with Crippen LogP contribution in [0, 0.1) is 20.8 Å². The normalized spacial score (nSPS) is 10.8. The molecule has 0 spiro atoms. The van der Waals surface area contributed by atoms with E-state index < -0.39 is 0 Å². The van der Waals surface area contributed by atoms with Gasteiger partial charge in [0.05, 0.1) is 43.1 Å². The van der Waals surface area contributed by atoms with Crippen molar-refractivity contribution < 1.29 is 18.9 Å². The minimum atomic E-state index is 0.716. The van der Waals surface area contributed by atoms with Crippen LogP contribution in [0.4, 0.5) is 0 Å². The summed E-state index contributed by atoms with van der Waals surface area (Å²) in [5, 5.41) is 1.95. The van der Waals surface area contributed by atoms with Crippen LogP contribution < -0.4 is 18.9 Å². The highest BCUT2D eigenvalue weighted by atomic mass is 32.1. The maximum Gasteiger partial charge on any atom is 0.181 e. The Balaban J connectivity index is 2.30. The molecule has 0 aliphatic carbocycles. The number of ether oxygens (including phenoxy) is 4. The predicted molar refractivity (Wildman–Crippen MR) is 113 cm³/mol. The molecule has 1 aromatic carbocycles. The molecule has 0 N–H and O–H groups in total. The van der Waals surface area contributed by atoms with E-state index in [0.717, 1.165) is 31.9 Å². The second-order valence-corrected chi connectivity index (χ2v) is 8.17. The van der Waals surface area contributed by atoms with E-state index in [1.807, 2.05) is 5.38 Å². The van der Waals surface area contributed by atoms with E-state index in [0.29, 0.717) is 5.75 Å². The first-order chi connectivity index (χ1) is 13.0. The average Bonchev–Trinajstić information content (AvgIpc) is 3.20. The lowest BCUT2D eigenvalue weighted by Gasteiger charge is -2.12. The number of benzene rings is 1. The first-order valence-corrected chi connectivity index (χ1v) is 10.2. The monoisotopic (exact) mass is 404 g/mol. The molecule has 0 unspecified atom stereocenters. The summed E-state index contributed by atoms with van der Waals surface area (Å²) in [5.41, 5.74) is 4.88. The minimum Gasteiger partial charge on any atom is -0.492 e. The molecule has 0 bridgehead atoms. The van der Waals surface area contributed by atoms with Crippen LogP contribution in [0.2, 0.25) is 0 Å². The summed E-state index contributed by atoms with van der Waals surface area (Å²) in [6.45, 7) is 6.38. The Bertz CT molecular complexity index is 946. The Morgan fingerprint density at radius 3 is 1.74 bits per heavy atom. The van der Waals surface area contributed by atoms with Gasteiger partial charge in [0.2, 0.25) is 0 Å². The molecule has 2 aromatic heterocycles. The van der Waals surface area contributed by atoms with E-state index in [1.165, 1.54) is 22.3 Å². The van der Waals surface area contributed by atoms with E-state index in [4.69, 9.17) is 18.9 Å². The van der Waals surface area contributed by atoms with Crippen LogP contribution in [-0.4, -0.2) is 28.4 Å². The third kappa shape index (κ3) is 3.28. The summed E-state index contributed by atoms with van der Waals surface area (Å²) in [6.07, 6.45) is 0. The van der Waals surface area contributed by atoms with Gasteiger partial charge >= 0.3 is 0 Å². The van der Waals surface area contributed by atoms with Crippen molar-refractivity contribution in [2.75, 3.05) is 28.4 Å². The summed E-state index contributed by atoms with van der Waals surface area (Å²) in [6, 6.07) is 4.39. The zero-order chi connectivity index (χ0) is 19.7. The standard InChI is InChI=1S/C21H24O4S2/c1-11-8-12(2)15(13(3)9-11)19-17(24-6)18(25-7)21(27-19)20-16(23-5)14(22-4)10-26-20/h8-10H,1-7H3. The smallest absolute Gasteiger partial charge is 0.181 e. The van der Waals surface area contributed by atoms with Gasteiger partial charge in [-0.15, -0.1) is 22.7 Å². The maximum absolute atomic E-state index is 5.79. The van der Waals surface area contributed by atoms with Crippen LogP contribution in [0.15, 0.2) is 17.5 Å². The van der Waals surface area contributed by atoms with Crippen molar-refractivity contribution in [1.82, 2.24) is 0 Å². The summed E-state index contributed by atoms with van der Waals surface area (Å²) in [4.78, 5) is 3.02. The lowest BCUT2D eigenvalue weighted by molar-refractivity contribution is 0.356. The van der Waals surface area contributed by atoms with Crippen molar-refractivity contribution in [3.05, 3.63) is 34.2 Å². The van der Waals surface area contributed by atoms with E-state index in [2.05, 4.69) is 32.9 Å².